The van der Waals surface area contributed by atoms with Crippen molar-refractivity contribution in [3.05, 3.63) is 0 Å². The lowest BCUT2D eigenvalue weighted by atomic mass is 9.90. The van der Waals surface area contributed by atoms with Gasteiger partial charge in [-0.3, -0.25) is 4.79 Å². The fourth-order valence-electron chi connectivity index (χ4n) is 3.41. The van der Waals surface area contributed by atoms with E-state index in [4.69, 9.17) is 5.73 Å². The minimum atomic E-state index is 0.286. The molecule has 3 heteroatoms. The van der Waals surface area contributed by atoms with Gasteiger partial charge in [-0.15, -0.1) is 0 Å². The van der Waals surface area contributed by atoms with Gasteiger partial charge in [0.25, 0.3) is 0 Å². The standard InChI is InChI=1S/C14H26N2O/c1-10-4-3-5-13(10)14(17)16-9-12(8-15)7-6-11(16)2/h10-13H,3-9,15H2,1-2H3. The maximum absolute atomic E-state index is 12.6. The SMILES string of the molecule is CC1CCCC1C(=O)N1CC(CN)CCC1C. The minimum Gasteiger partial charge on any atom is -0.339 e. The minimum absolute atomic E-state index is 0.286. The van der Waals surface area contributed by atoms with Gasteiger partial charge in [0, 0.05) is 18.5 Å². The van der Waals surface area contributed by atoms with Crippen molar-refractivity contribution in [3.8, 4) is 0 Å². The predicted octanol–water partition coefficient (Wildman–Crippen LogP) is 2.01. The molecule has 4 atom stereocenters. The summed E-state index contributed by atoms with van der Waals surface area (Å²) in [6.07, 6.45) is 5.84. The zero-order chi connectivity index (χ0) is 12.4. The molecule has 1 amide bonds. The summed E-state index contributed by atoms with van der Waals surface area (Å²) in [5.41, 5.74) is 5.75. The second-order valence-electron chi connectivity index (χ2n) is 6.03. The topological polar surface area (TPSA) is 46.3 Å². The van der Waals surface area contributed by atoms with Crippen LogP contribution in [0.25, 0.3) is 0 Å². The van der Waals surface area contributed by atoms with Crippen molar-refractivity contribution >= 4 is 5.91 Å². The lowest BCUT2D eigenvalue weighted by Crippen LogP contribution is -2.49. The molecule has 4 unspecified atom stereocenters. The van der Waals surface area contributed by atoms with Gasteiger partial charge in [0.15, 0.2) is 0 Å². The summed E-state index contributed by atoms with van der Waals surface area (Å²) >= 11 is 0. The Morgan fingerprint density at radius 2 is 2.00 bits per heavy atom. The average molecular weight is 238 g/mol. The number of nitrogens with zero attached hydrogens (tertiary/aromatic N) is 1. The van der Waals surface area contributed by atoms with E-state index in [2.05, 4.69) is 18.7 Å². The van der Waals surface area contributed by atoms with E-state index in [0.717, 1.165) is 25.9 Å². The summed E-state index contributed by atoms with van der Waals surface area (Å²) in [4.78, 5) is 14.7. The molecule has 0 aromatic carbocycles. The number of rotatable bonds is 2. The van der Waals surface area contributed by atoms with Crippen LogP contribution >= 0.6 is 0 Å². The molecule has 1 saturated carbocycles. The van der Waals surface area contributed by atoms with E-state index in [9.17, 15) is 4.79 Å². The van der Waals surface area contributed by atoms with E-state index >= 15 is 0 Å². The van der Waals surface area contributed by atoms with Crippen molar-refractivity contribution < 1.29 is 4.79 Å². The Kier molecular flexibility index (Phi) is 4.08. The number of nitrogens with two attached hydrogens (primary N) is 1. The van der Waals surface area contributed by atoms with Crippen LogP contribution in [0.1, 0.15) is 46.0 Å². The molecular formula is C14H26N2O. The van der Waals surface area contributed by atoms with Gasteiger partial charge in [0.05, 0.1) is 0 Å². The molecule has 1 heterocycles. The van der Waals surface area contributed by atoms with Gasteiger partial charge < -0.3 is 10.6 Å². The Balaban J connectivity index is 2.01. The van der Waals surface area contributed by atoms with Gasteiger partial charge in [-0.1, -0.05) is 13.3 Å². The van der Waals surface area contributed by atoms with Crippen LogP contribution in [0.5, 0.6) is 0 Å². The molecule has 0 spiro atoms. The molecule has 2 N–H and O–H groups in total. The number of carbonyl (C=O) groups is 1. The Hall–Kier alpha value is -0.570. The summed E-state index contributed by atoms with van der Waals surface area (Å²) in [6.45, 7) is 6.02. The molecule has 2 fully saturated rings. The fraction of sp³-hybridized carbons (Fsp3) is 0.929. The summed E-state index contributed by atoms with van der Waals surface area (Å²) in [5, 5.41) is 0. The number of piperidine rings is 1. The second kappa shape index (κ2) is 5.38. The van der Waals surface area contributed by atoms with Crippen molar-refractivity contribution in [1.29, 1.82) is 0 Å². The Labute approximate surface area is 105 Å². The van der Waals surface area contributed by atoms with Crippen molar-refractivity contribution in [1.82, 2.24) is 4.90 Å². The maximum atomic E-state index is 12.6. The van der Waals surface area contributed by atoms with Crippen LogP contribution in [0, 0.1) is 17.8 Å². The molecule has 2 aliphatic rings. The highest BCUT2D eigenvalue weighted by Gasteiger charge is 2.36. The maximum Gasteiger partial charge on any atom is 0.226 e. The summed E-state index contributed by atoms with van der Waals surface area (Å²) in [6, 6.07) is 0.415. The molecule has 0 aromatic heterocycles. The fourth-order valence-corrected chi connectivity index (χ4v) is 3.41. The van der Waals surface area contributed by atoms with E-state index in [1.54, 1.807) is 0 Å². The number of likely N-dealkylation sites (tertiary alicyclic amines) is 1. The zero-order valence-corrected chi connectivity index (χ0v) is 11.2. The normalized spacial score (nSPS) is 38.4. The molecule has 17 heavy (non-hydrogen) atoms. The first-order chi connectivity index (χ1) is 8.13. The number of amides is 1. The highest BCUT2D eigenvalue weighted by Crippen LogP contribution is 2.34. The monoisotopic (exact) mass is 238 g/mol. The van der Waals surface area contributed by atoms with E-state index < -0.39 is 0 Å². The molecule has 98 valence electrons. The first-order valence-electron chi connectivity index (χ1n) is 7.14. The molecule has 1 aliphatic carbocycles. The third-order valence-corrected chi connectivity index (χ3v) is 4.77. The third-order valence-electron chi connectivity index (χ3n) is 4.77. The van der Waals surface area contributed by atoms with Crippen LogP contribution < -0.4 is 5.73 Å². The largest absolute Gasteiger partial charge is 0.339 e. The van der Waals surface area contributed by atoms with Gasteiger partial charge in [0.2, 0.25) is 5.91 Å². The van der Waals surface area contributed by atoms with Crippen molar-refractivity contribution in [2.75, 3.05) is 13.1 Å². The van der Waals surface area contributed by atoms with Crippen LogP contribution in [0.3, 0.4) is 0 Å². The van der Waals surface area contributed by atoms with Crippen LogP contribution in [0.2, 0.25) is 0 Å². The lowest BCUT2D eigenvalue weighted by Gasteiger charge is -2.39. The number of hydrogen-bond donors (Lipinski definition) is 1. The smallest absolute Gasteiger partial charge is 0.226 e. The first-order valence-corrected chi connectivity index (χ1v) is 7.14. The summed E-state index contributed by atoms with van der Waals surface area (Å²) < 4.78 is 0. The molecule has 0 radical (unpaired) electrons. The third kappa shape index (κ3) is 2.65. The summed E-state index contributed by atoms with van der Waals surface area (Å²) in [7, 11) is 0. The van der Waals surface area contributed by atoms with Gasteiger partial charge >= 0.3 is 0 Å². The van der Waals surface area contributed by atoms with Crippen LogP contribution in [0.4, 0.5) is 0 Å². The Morgan fingerprint density at radius 1 is 1.24 bits per heavy atom. The van der Waals surface area contributed by atoms with E-state index in [1.165, 1.54) is 19.3 Å². The first kappa shape index (κ1) is 12.9. The van der Waals surface area contributed by atoms with Crippen molar-refractivity contribution in [2.24, 2.45) is 23.5 Å². The predicted molar refractivity (Wildman–Crippen MR) is 69.5 cm³/mol. The Morgan fingerprint density at radius 3 is 2.59 bits per heavy atom. The molecule has 0 bridgehead atoms. The van der Waals surface area contributed by atoms with Crippen molar-refractivity contribution in [3.63, 3.8) is 0 Å². The lowest BCUT2D eigenvalue weighted by molar-refractivity contribution is -0.140. The Bertz CT molecular complexity index is 279. The van der Waals surface area contributed by atoms with Crippen molar-refractivity contribution in [2.45, 2.75) is 52.0 Å². The van der Waals surface area contributed by atoms with Gasteiger partial charge in [0.1, 0.15) is 0 Å². The van der Waals surface area contributed by atoms with E-state index in [-0.39, 0.29) is 5.92 Å². The van der Waals surface area contributed by atoms with Gasteiger partial charge in [-0.2, -0.15) is 0 Å². The number of carbonyl (C=O) groups excluding carboxylic acids is 1. The van der Waals surface area contributed by atoms with Crippen LogP contribution in [-0.2, 0) is 4.79 Å². The second-order valence-corrected chi connectivity index (χ2v) is 6.03. The molecule has 0 aromatic rings. The highest BCUT2D eigenvalue weighted by molar-refractivity contribution is 5.79. The highest BCUT2D eigenvalue weighted by atomic mass is 16.2. The quantitative estimate of drug-likeness (QED) is 0.800. The van der Waals surface area contributed by atoms with Crippen LogP contribution in [0.15, 0.2) is 0 Å². The zero-order valence-electron chi connectivity index (χ0n) is 11.2. The summed E-state index contributed by atoms with van der Waals surface area (Å²) in [5.74, 6) is 1.79. The van der Waals surface area contributed by atoms with Gasteiger partial charge in [-0.05, 0) is 51.0 Å². The van der Waals surface area contributed by atoms with Crippen LogP contribution in [-0.4, -0.2) is 29.9 Å². The molecular weight excluding hydrogens is 212 g/mol. The van der Waals surface area contributed by atoms with Gasteiger partial charge in [-0.25, -0.2) is 0 Å². The van der Waals surface area contributed by atoms with E-state index in [0.29, 0.717) is 23.8 Å². The average Bonchev–Trinajstić information content (AvgIpc) is 2.75. The molecule has 1 saturated heterocycles. The number of hydrogen-bond acceptors (Lipinski definition) is 2. The van der Waals surface area contributed by atoms with E-state index in [1.807, 2.05) is 0 Å². The molecule has 3 nitrogen and oxygen atoms in total. The molecule has 2 rings (SSSR count). The molecule has 1 aliphatic heterocycles.